The van der Waals surface area contributed by atoms with Crippen molar-refractivity contribution in [3.63, 3.8) is 0 Å². The van der Waals surface area contributed by atoms with Gasteiger partial charge < -0.3 is 5.32 Å². The number of anilines is 1. The van der Waals surface area contributed by atoms with Gasteiger partial charge in [-0.25, -0.2) is 0 Å². The standard InChI is InChI=1S/C28H21NO3S/c1-3-10-19(11-4-2)33-23-17-16-22(29-28(32)18-12-6-5-7-13-18)24-25(23)27(31)21-15-9-8-14-20(21)26(24)30/h3-17H,1H2,2H3,(H,29,32)/b11-4-,19-10+. The van der Waals surface area contributed by atoms with Crippen LogP contribution in [-0.2, 0) is 0 Å². The molecular formula is C28H21NO3S. The summed E-state index contributed by atoms with van der Waals surface area (Å²) in [6.07, 6.45) is 7.31. The van der Waals surface area contributed by atoms with E-state index in [0.29, 0.717) is 32.8 Å². The number of benzene rings is 3. The van der Waals surface area contributed by atoms with Gasteiger partial charge in [0.1, 0.15) is 0 Å². The lowest BCUT2D eigenvalue weighted by Gasteiger charge is -2.23. The number of allylic oxidation sites excluding steroid dienone is 4. The molecule has 0 atom stereocenters. The molecule has 1 aliphatic carbocycles. The molecule has 0 bridgehead atoms. The zero-order chi connectivity index (χ0) is 23.4. The molecule has 0 spiro atoms. The number of hydrogen-bond donors (Lipinski definition) is 1. The van der Waals surface area contributed by atoms with Crippen molar-refractivity contribution in [2.75, 3.05) is 5.32 Å². The fourth-order valence-electron chi connectivity index (χ4n) is 3.70. The summed E-state index contributed by atoms with van der Waals surface area (Å²) >= 11 is 1.37. The first kappa shape index (κ1) is 22.2. The van der Waals surface area contributed by atoms with Crippen molar-refractivity contribution < 1.29 is 14.4 Å². The summed E-state index contributed by atoms with van der Waals surface area (Å²) in [4.78, 5) is 41.4. The number of carbonyl (C=O) groups is 3. The van der Waals surface area contributed by atoms with Crippen LogP contribution in [0.5, 0.6) is 0 Å². The van der Waals surface area contributed by atoms with Gasteiger partial charge in [0, 0.05) is 32.1 Å². The van der Waals surface area contributed by atoms with Gasteiger partial charge in [0.2, 0.25) is 0 Å². The summed E-state index contributed by atoms with van der Waals surface area (Å²) < 4.78 is 0. The van der Waals surface area contributed by atoms with Crippen LogP contribution in [-0.4, -0.2) is 17.5 Å². The van der Waals surface area contributed by atoms with Gasteiger partial charge in [0.25, 0.3) is 5.91 Å². The second-order valence-corrected chi connectivity index (χ2v) is 8.41. The van der Waals surface area contributed by atoms with Crippen LogP contribution in [0, 0.1) is 0 Å². The summed E-state index contributed by atoms with van der Waals surface area (Å²) in [7, 11) is 0. The van der Waals surface area contributed by atoms with Crippen LogP contribution in [0.2, 0.25) is 0 Å². The number of fused-ring (bicyclic) bond motifs is 2. The van der Waals surface area contributed by atoms with Crippen LogP contribution < -0.4 is 5.32 Å². The van der Waals surface area contributed by atoms with Crippen LogP contribution >= 0.6 is 11.8 Å². The molecule has 5 heteroatoms. The highest BCUT2D eigenvalue weighted by Crippen LogP contribution is 2.40. The summed E-state index contributed by atoms with van der Waals surface area (Å²) in [5.41, 5.74) is 1.99. The SMILES string of the molecule is C=C/C=C(\C=C/C)Sc1ccc(NC(=O)c2ccccc2)c2c1C(=O)c1ccccc1C2=O. The Morgan fingerprint density at radius 2 is 1.52 bits per heavy atom. The van der Waals surface area contributed by atoms with Crippen LogP contribution in [0.3, 0.4) is 0 Å². The molecule has 0 saturated heterocycles. The zero-order valence-corrected chi connectivity index (χ0v) is 18.8. The van der Waals surface area contributed by atoms with Crippen LogP contribution in [0.4, 0.5) is 5.69 Å². The monoisotopic (exact) mass is 451 g/mol. The topological polar surface area (TPSA) is 63.2 Å². The highest BCUT2D eigenvalue weighted by molar-refractivity contribution is 8.03. The Kier molecular flexibility index (Phi) is 6.52. The number of ketones is 2. The minimum absolute atomic E-state index is 0.214. The van der Waals surface area contributed by atoms with E-state index in [0.717, 1.165) is 4.91 Å². The molecule has 1 N–H and O–H groups in total. The second-order valence-electron chi connectivity index (χ2n) is 7.29. The summed E-state index contributed by atoms with van der Waals surface area (Å²) in [6, 6.07) is 19.0. The maximum Gasteiger partial charge on any atom is 0.255 e. The van der Waals surface area contributed by atoms with Gasteiger partial charge in [0.15, 0.2) is 11.6 Å². The molecule has 1 aliphatic rings. The highest BCUT2D eigenvalue weighted by atomic mass is 32.2. The van der Waals surface area contributed by atoms with Gasteiger partial charge in [-0.3, -0.25) is 14.4 Å². The molecule has 4 nitrogen and oxygen atoms in total. The van der Waals surface area contributed by atoms with Crippen molar-refractivity contribution in [3.05, 3.63) is 130 Å². The van der Waals surface area contributed by atoms with E-state index < -0.39 is 0 Å². The van der Waals surface area contributed by atoms with Crippen molar-refractivity contribution in [2.24, 2.45) is 0 Å². The first-order valence-corrected chi connectivity index (χ1v) is 11.2. The Balaban J connectivity index is 1.86. The molecule has 0 saturated carbocycles. The predicted molar refractivity (Wildman–Crippen MR) is 133 cm³/mol. The van der Waals surface area contributed by atoms with Gasteiger partial charge >= 0.3 is 0 Å². The van der Waals surface area contributed by atoms with Gasteiger partial charge in [-0.2, -0.15) is 0 Å². The Labute approximate surface area is 196 Å². The van der Waals surface area contributed by atoms with Crippen molar-refractivity contribution in [1.82, 2.24) is 0 Å². The maximum atomic E-state index is 13.5. The van der Waals surface area contributed by atoms with Crippen LogP contribution in [0.1, 0.15) is 49.1 Å². The predicted octanol–water partition coefficient (Wildman–Crippen LogP) is 6.45. The zero-order valence-electron chi connectivity index (χ0n) is 18.0. The van der Waals surface area contributed by atoms with Gasteiger partial charge in [-0.1, -0.05) is 79.0 Å². The van der Waals surface area contributed by atoms with E-state index in [1.165, 1.54) is 11.8 Å². The second kappa shape index (κ2) is 9.67. The number of thioether (sulfide) groups is 1. The van der Waals surface area contributed by atoms with Gasteiger partial charge in [-0.05, 0) is 37.3 Å². The van der Waals surface area contributed by atoms with Gasteiger partial charge in [0.05, 0.1) is 11.3 Å². The highest BCUT2D eigenvalue weighted by Gasteiger charge is 2.34. The third-order valence-electron chi connectivity index (χ3n) is 5.16. The molecule has 1 amide bonds. The van der Waals surface area contributed by atoms with E-state index in [2.05, 4.69) is 11.9 Å². The number of rotatable bonds is 6. The number of amides is 1. The molecule has 0 heterocycles. The van der Waals surface area contributed by atoms with E-state index in [4.69, 9.17) is 0 Å². The van der Waals surface area contributed by atoms with E-state index in [1.54, 1.807) is 66.7 Å². The van der Waals surface area contributed by atoms with Crippen molar-refractivity contribution in [3.8, 4) is 0 Å². The molecule has 3 aromatic rings. The molecule has 3 aromatic carbocycles. The third-order valence-corrected chi connectivity index (χ3v) is 6.23. The van der Waals surface area contributed by atoms with E-state index >= 15 is 0 Å². The fraction of sp³-hybridized carbons (Fsp3) is 0.0357. The van der Waals surface area contributed by atoms with Gasteiger partial charge in [-0.15, -0.1) is 0 Å². The molecule has 162 valence electrons. The van der Waals surface area contributed by atoms with E-state index in [-0.39, 0.29) is 23.0 Å². The smallest absolute Gasteiger partial charge is 0.255 e. The van der Waals surface area contributed by atoms with E-state index in [9.17, 15) is 14.4 Å². The Morgan fingerprint density at radius 3 is 2.15 bits per heavy atom. The lowest BCUT2D eigenvalue weighted by molar-refractivity contribution is 0.0976. The minimum Gasteiger partial charge on any atom is -0.321 e. The Morgan fingerprint density at radius 1 is 0.879 bits per heavy atom. The summed E-state index contributed by atoms with van der Waals surface area (Å²) in [5, 5.41) is 2.83. The number of carbonyl (C=O) groups excluding carboxylic acids is 3. The molecule has 0 radical (unpaired) electrons. The van der Waals surface area contributed by atoms with Crippen molar-refractivity contribution in [2.45, 2.75) is 11.8 Å². The quantitative estimate of drug-likeness (QED) is 0.270. The van der Waals surface area contributed by atoms with E-state index in [1.807, 2.05) is 31.2 Å². The lowest BCUT2D eigenvalue weighted by atomic mass is 9.83. The first-order chi connectivity index (χ1) is 16.0. The number of hydrogen-bond acceptors (Lipinski definition) is 4. The minimum atomic E-state index is -0.349. The number of nitrogens with one attached hydrogen (secondary N) is 1. The molecule has 0 unspecified atom stereocenters. The molecule has 0 aliphatic heterocycles. The largest absolute Gasteiger partial charge is 0.321 e. The first-order valence-electron chi connectivity index (χ1n) is 10.4. The van der Waals surface area contributed by atoms with Crippen molar-refractivity contribution >= 4 is 34.9 Å². The molecule has 33 heavy (non-hydrogen) atoms. The molecular weight excluding hydrogens is 430 g/mol. The third kappa shape index (κ3) is 4.36. The van der Waals surface area contributed by atoms with Crippen LogP contribution in [0.25, 0.3) is 0 Å². The lowest BCUT2D eigenvalue weighted by Crippen LogP contribution is -2.24. The van der Waals surface area contributed by atoms with Crippen molar-refractivity contribution in [1.29, 1.82) is 0 Å². The molecule has 0 aromatic heterocycles. The normalized spacial score (nSPS) is 12.9. The fourth-order valence-corrected chi connectivity index (χ4v) is 4.75. The average molecular weight is 452 g/mol. The Bertz CT molecular complexity index is 1340. The summed E-state index contributed by atoms with van der Waals surface area (Å²) in [5.74, 6) is -0.873. The Hall–Kier alpha value is -3.96. The molecule has 0 fully saturated rings. The maximum absolute atomic E-state index is 13.5. The van der Waals surface area contributed by atoms with Crippen LogP contribution in [0.15, 0.2) is 107 Å². The molecule has 4 rings (SSSR count). The average Bonchev–Trinajstić information content (AvgIpc) is 2.84. The summed E-state index contributed by atoms with van der Waals surface area (Å²) in [6.45, 7) is 5.65.